The first kappa shape index (κ1) is 15.3. The third kappa shape index (κ3) is 4.17. The van der Waals surface area contributed by atoms with Gasteiger partial charge in [-0.05, 0) is 51.7 Å². The molecule has 0 aromatic heterocycles. The predicted molar refractivity (Wildman–Crippen MR) is 82.6 cm³/mol. The molecule has 2 aliphatic rings. The molecular weight excluding hydrogens is 234 g/mol. The van der Waals surface area contributed by atoms with Crippen molar-refractivity contribution in [1.82, 2.24) is 14.7 Å². The van der Waals surface area contributed by atoms with Crippen LogP contribution in [0.1, 0.15) is 40.5 Å². The van der Waals surface area contributed by atoms with Crippen LogP contribution in [0.5, 0.6) is 0 Å². The Hall–Kier alpha value is -0.120. The summed E-state index contributed by atoms with van der Waals surface area (Å²) in [5, 5.41) is 0. The maximum absolute atomic E-state index is 2.71. The zero-order valence-corrected chi connectivity index (χ0v) is 13.5. The van der Waals surface area contributed by atoms with Crippen LogP contribution in [0, 0.1) is 5.41 Å². The molecule has 2 aliphatic heterocycles. The third-order valence-corrected chi connectivity index (χ3v) is 5.25. The van der Waals surface area contributed by atoms with Crippen molar-refractivity contribution in [2.24, 2.45) is 5.41 Å². The number of rotatable bonds is 4. The summed E-state index contributed by atoms with van der Waals surface area (Å²) in [7, 11) is 0. The molecule has 3 heteroatoms. The Balaban J connectivity index is 1.77. The standard InChI is InChI=1S/C16H33N3/c1-5-17-10-12-18(13-11-17)14-16(4)6-8-19(9-7-16)15(2)3/h15H,5-14H2,1-4H3. The lowest BCUT2D eigenvalue weighted by molar-refractivity contribution is 0.0414. The van der Waals surface area contributed by atoms with Crippen LogP contribution in [0.3, 0.4) is 0 Å². The number of piperazine rings is 1. The van der Waals surface area contributed by atoms with Crippen molar-refractivity contribution in [2.45, 2.75) is 46.6 Å². The Morgan fingerprint density at radius 1 is 0.895 bits per heavy atom. The average Bonchev–Trinajstić information content (AvgIpc) is 2.40. The fraction of sp³-hybridized carbons (Fsp3) is 1.00. The van der Waals surface area contributed by atoms with Gasteiger partial charge in [0.1, 0.15) is 0 Å². The Bertz CT molecular complexity index is 261. The van der Waals surface area contributed by atoms with E-state index >= 15 is 0 Å². The summed E-state index contributed by atoms with van der Waals surface area (Å²) >= 11 is 0. The highest BCUT2D eigenvalue weighted by Gasteiger charge is 2.33. The number of nitrogens with zero attached hydrogens (tertiary/aromatic N) is 3. The normalized spacial score (nSPS) is 27.0. The average molecular weight is 267 g/mol. The number of hydrogen-bond acceptors (Lipinski definition) is 3. The zero-order valence-electron chi connectivity index (χ0n) is 13.5. The summed E-state index contributed by atoms with van der Waals surface area (Å²) in [5.41, 5.74) is 0.555. The van der Waals surface area contributed by atoms with Gasteiger partial charge in [0.2, 0.25) is 0 Å². The lowest BCUT2D eigenvalue weighted by Crippen LogP contribution is -2.51. The topological polar surface area (TPSA) is 9.72 Å². The van der Waals surface area contributed by atoms with Crippen LogP contribution in [0.2, 0.25) is 0 Å². The van der Waals surface area contributed by atoms with Crippen molar-refractivity contribution >= 4 is 0 Å². The minimum absolute atomic E-state index is 0.555. The summed E-state index contributed by atoms with van der Waals surface area (Å²) in [5.74, 6) is 0. The van der Waals surface area contributed by atoms with Crippen LogP contribution in [0.15, 0.2) is 0 Å². The van der Waals surface area contributed by atoms with E-state index in [2.05, 4.69) is 42.4 Å². The molecule has 0 atom stereocenters. The van der Waals surface area contributed by atoms with Crippen LogP contribution in [-0.4, -0.2) is 73.1 Å². The Labute approximate surface area is 119 Å². The summed E-state index contributed by atoms with van der Waals surface area (Å²) in [6.45, 7) is 19.6. The molecule has 0 bridgehead atoms. The van der Waals surface area contributed by atoms with Gasteiger partial charge < -0.3 is 14.7 Å². The molecule has 0 radical (unpaired) electrons. The molecule has 0 N–H and O–H groups in total. The molecule has 2 heterocycles. The molecule has 19 heavy (non-hydrogen) atoms. The maximum Gasteiger partial charge on any atom is 0.0110 e. The summed E-state index contributed by atoms with van der Waals surface area (Å²) in [4.78, 5) is 7.91. The van der Waals surface area contributed by atoms with Crippen molar-refractivity contribution in [2.75, 3.05) is 52.4 Å². The van der Waals surface area contributed by atoms with E-state index in [-0.39, 0.29) is 0 Å². The van der Waals surface area contributed by atoms with E-state index in [0.717, 1.165) is 6.04 Å². The Kier molecular flexibility index (Phi) is 5.27. The van der Waals surface area contributed by atoms with E-state index in [9.17, 15) is 0 Å². The van der Waals surface area contributed by atoms with E-state index < -0.39 is 0 Å². The van der Waals surface area contributed by atoms with Crippen LogP contribution >= 0.6 is 0 Å². The van der Waals surface area contributed by atoms with E-state index in [1.807, 2.05) is 0 Å². The van der Waals surface area contributed by atoms with Gasteiger partial charge in [0, 0.05) is 38.8 Å². The monoisotopic (exact) mass is 267 g/mol. The van der Waals surface area contributed by atoms with E-state index in [4.69, 9.17) is 0 Å². The maximum atomic E-state index is 2.71. The quantitative estimate of drug-likeness (QED) is 0.773. The first-order valence-electron chi connectivity index (χ1n) is 8.21. The molecule has 2 saturated heterocycles. The number of likely N-dealkylation sites (N-methyl/N-ethyl adjacent to an activating group) is 1. The van der Waals surface area contributed by atoms with Gasteiger partial charge in [-0.1, -0.05) is 13.8 Å². The zero-order chi connectivity index (χ0) is 13.9. The SMILES string of the molecule is CCN1CCN(CC2(C)CCN(C(C)C)CC2)CC1. The van der Waals surface area contributed by atoms with Crippen molar-refractivity contribution in [3.63, 3.8) is 0 Å². The summed E-state index contributed by atoms with van der Waals surface area (Å²) in [6, 6.07) is 0.720. The first-order valence-corrected chi connectivity index (χ1v) is 8.21. The van der Waals surface area contributed by atoms with Gasteiger partial charge in [0.05, 0.1) is 0 Å². The van der Waals surface area contributed by atoms with Crippen molar-refractivity contribution < 1.29 is 0 Å². The molecule has 0 spiro atoms. The van der Waals surface area contributed by atoms with Gasteiger partial charge in [0.15, 0.2) is 0 Å². The van der Waals surface area contributed by atoms with E-state index in [1.54, 1.807) is 0 Å². The van der Waals surface area contributed by atoms with Crippen LogP contribution in [-0.2, 0) is 0 Å². The second-order valence-electron chi connectivity index (χ2n) is 7.15. The molecule has 0 amide bonds. The van der Waals surface area contributed by atoms with Crippen molar-refractivity contribution in [3.05, 3.63) is 0 Å². The fourth-order valence-corrected chi connectivity index (χ4v) is 3.54. The molecule has 0 aliphatic carbocycles. The highest BCUT2D eigenvalue weighted by molar-refractivity contribution is 4.87. The lowest BCUT2D eigenvalue weighted by Gasteiger charge is -2.45. The predicted octanol–water partition coefficient (Wildman–Crippen LogP) is 2.13. The van der Waals surface area contributed by atoms with Crippen LogP contribution in [0.25, 0.3) is 0 Å². The highest BCUT2D eigenvalue weighted by Crippen LogP contribution is 2.32. The van der Waals surface area contributed by atoms with Crippen LogP contribution in [0.4, 0.5) is 0 Å². The van der Waals surface area contributed by atoms with Gasteiger partial charge in [-0.25, -0.2) is 0 Å². The van der Waals surface area contributed by atoms with Gasteiger partial charge in [-0.3, -0.25) is 0 Å². The van der Waals surface area contributed by atoms with E-state index in [0.29, 0.717) is 5.41 Å². The Morgan fingerprint density at radius 2 is 1.42 bits per heavy atom. The molecule has 0 saturated carbocycles. The van der Waals surface area contributed by atoms with Gasteiger partial charge >= 0.3 is 0 Å². The number of piperidine rings is 1. The van der Waals surface area contributed by atoms with Crippen LogP contribution < -0.4 is 0 Å². The van der Waals surface area contributed by atoms with E-state index in [1.165, 1.54) is 65.2 Å². The molecule has 112 valence electrons. The molecule has 3 nitrogen and oxygen atoms in total. The fourth-order valence-electron chi connectivity index (χ4n) is 3.54. The second kappa shape index (κ2) is 6.55. The third-order valence-electron chi connectivity index (χ3n) is 5.25. The minimum Gasteiger partial charge on any atom is -0.301 e. The van der Waals surface area contributed by atoms with Gasteiger partial charge in [0.25, 0.3) is 0 Å². The molecule has 0 aromatic carbocycles. The van der Waals surface area contributed by atoms with Crippen molar-refractivity contribution in [1.29, 1.82) is 0 Å². The molecule has 2 rings (SSSR count). The highest BCUT2D eigenvalue weighted by atomic mass is 15.3. The number of hydrogen-bond donors (Lipinski definition) is 0. The second-order valence-corrected chi connectivity index (χ2v) is 7.15. The van der Waals surface area contributed by atoms with Gasteiger partial charge in [-0.15, -0.1) is 0 Å². The summed E-state index contributed by atoms with van der Waals surface area (Å²) in [6.07, 6.45) is 2.75. The largest absolute Gasteiger partial charge is 0.301 e. The molecule has 0 unspecified atom stereocenters. The number of likely N-dealkylation sites (tertiary alicyclic amines) is 1. The molecular formula is C16H33N3. The first-order chi connectivity index (χ1) is 9.02. The minimum atomic E-state index is 0.555. The van der Waals surface area contributed by atoms with Crippen molar-refractivity contribution in [3.8, 4) is 0 Å². The smallest absolute Gasteiger partial charge is 0.0110 e. The molecule has 0 aromatic rings. The summed E-state index contributed by atoms with van der Waals surface area (Å²) < 4.78 is 0. The Morgan fingerprint density at radius 3 is 1.89 bits per heavy atom. The van der Waals surface area contributed by atoms with Gasteiger partial charge in [-0.2, -0.15) is 0 Å². The lowest BCUT2D eigenvalue weighted by atomic mass is 9.79. The molecule has 2 fully saturated rings.